The van der Waals surface area contributed by atoms with Gasteiger partial charge in [-0.1, -0.05) is 60.7 Å². The Hall–Kier alpha value is -4.87. The van der Waals surface area contributed by atoms with E-state index in [1.165, 1.54) is 12.1 Å². The Morgan fingerprint density at radius 1 is 0.896 bits per heavy atom. The molecular formula is C36H38Cl2N4O6. The number of H-pyrrole nitrogens is 1. The molecule has 1 atom stereocenters. The number of carbonyl (C=O) groups excluding carboxylic acids is 1. The first-order valence-electron chi connectivity index (χ1n) is 15.0. The summed E-state index contributed by atoms with van der Waals surface area (Å²) in [6, 6.07) is 28.9. The third kappa shape index (κ3) is 9.36. The van der Waals surface area contributed by atoms with E-state index >= 15 is 0 Å². The smallest absolute Gasteiger partial charge is 0.409 e. The number of aryl methyl sites for hydroxylation is 1. The second kappa shape index (κ2) is 17.3. The molecule has 252 valence electrons. The predicted molar refractivity (Wildman–Crippen MR) is 194 cm³/mol. The monoisotopic (exact) mass is 692 g/mol. The van der Waals surface area contributed by atoms with Crippen molar-refractivity contribution in [1.82, 2.24) is 10.3 Å². The number of carboxylic acid groups (broad SMARTS) is 1. The van der Waals surface area contributed by atoms with Crippen LogP contribution < -0.4 is 21.1 Å². The van der Waals surface area contributed by atoms with Gasteiger partial charge in [-0.3, -0.25) is 14.9 Å². The van der Waals surface area contributed by atoms with Crippen molar-refractivity contribution >= 4 is 59.1 Å². The first-order valence-corrected chi connectivity index (χ1v) is 15.0. The van der Waals surface area contributed by atoms with Crippen LogP contribution in [0.2, 0.25) is 0 Å². The molecule has 0 aliphatic carbocycles. The molecule has 4 aromatic carbocycles. The number of amides is 2. The van der Waals surface area contributed by atoms with Gasteiger partial charge in [0, 0.05) is 49.3 Å². The number of nitrogens with one attached hydrogen (secondary N) is 3. The number of benzene rings is 4. The van der Waals surface area contributed by atoms with Gasteiger partial charge in [0.25, 0.3) is 0 Å². The molecule has 6 N–H and O–H groups in total. The van der Waals surface area contributed by atoms with Crippen LogP contribution in [0.3, 0.4) is 0 Å². The fourth-order valence-corrected chi connectivity index (χ4v) is 5.44. The lowest BCUT2D eigenvalue weighted by Crippen LogP contribution is -2.26. The van der Waals surface area contributed by atoms with E-state index in [-0.39, 0.29) is 54.1 Å². The van der Waals surface area contributed by atoms with Gasteiger partial charge in [-0.15, -0.1) is 24.8 Å². The number of phenols is 1. The summed E-state index contributed by atoms with van der Waals surface area (Å²) in [6.45, 7) is 0.742. The molecule has 5 aromatic rings. The Morgan fingerprint density at radius 3 is 2.31 bits per heavy atom. The lowest BCUT2D eigenvalue weighted by Gasteiger charge is -2.18. The highest BCUT2D eigenvalue weighted by molar-refractivity contribution is 5.93. The number of hydrogen-bond acceptors (Lipinski definition) is 6. The van der Waals surface area contributed by atoms with Crippen molar-refractivity contribution < 1.29 is 24.9 Å². The molecule has 0 radical (unpaired) electrons. The Morgan fingerprint density at radius 2 is 1.60 bits per heavy atom. The third-order valence-electron chi connectivity index (χ3n) is 7.90. The largest absolute Gasteiger partial charge is 0.506 e. The molecule has 5 rings (SSSR count). The predicted octanol–water partition coefficient (Wildman–Crippen LogP) is 6.64. The van der Waals surface area contributed by atoms with E-state index in [2.05, 4.69) is 15.6 Å². The number of rotatable bonds is 12. The minimum Gasteiger partial charge on any atom is -0.506 e. The molecule has 0 aliphatic heterocycles. The van der Waals surface area contributed by atoms with Gasteiger partial charge >= 0.3 is 6.09 Å². The minimum atomic E-state index is -1.13. The Labute approximate surface area is 290 Å². The quantitative estimate of drug-likeness (QED) is 0.0856. The summed E-state index contributed by atoms with van der Waals surface area (Å²) in [5.41, 5.74) is 5.44. The van der Waals surface area contributed by atoms with Gasteiger partial charge in [0.05, 0.1) is 17.3 Å². The number of aromatic hydroxyl groups is 1. The van der Waals surface area contributed by atoms with Gasteiger partial charge < -0.3 is 30.5 Å². The number of aliphatic hydroxyl groups is 1. The lowest BCUT2D eigenvalue weighted by atomic mass is 9.99. The summed E-state index contributed by atoms with van der Waals surface area (Å²) in [5, 5.41) is 36.5. The van der Waals surface area contributed by atoms with Crippen LogP contribution in [0.25, 0.3) is 22.0 Å². The van der Waals surface area contributed by atoms with Crippen LogP contribution in [0.5, 0.6) is 5.75 Å². The highest BCUT2D eigenvalue weighted by atomic mass is 35.5. The zero-order valence-corrected chi connectivity index (χ0v) is 27.8. The Balaban J connectivity index is 0.00000312. The van der Waals surface area contributed by atoms with Gasteiger partial charge in [-0.05, 0) is 65.4 Å². The van der Waals surface area contributed by atoms with Gasteiger partial charge in [0.15, 0.2) is 0 Å². The van der Waals surface area contributed by atoms with Crippen molar-refractivity contribution in [3.05, 3.63) is 124 Å². The number of aliphatic hydroxyl groups excluding tert-OH is 1. The second-order valence-corrected chi connectivity index (χ2v) is 11.1. The molecule has 48 heavy (non-hydrogen) atoms. The molecular weight excluding hydrogens is 655 g/mol. The van der Waals surface area contributed by atoms with Crippen LogP contribution in [-0.4, -0.2) is 45.9 Å². The first kappa shape index (κ1) is 37.6. The molecule has 0 saturated carbocycles. The van der Waals surface area contributed by atoms with Gasteiger partial charge in [-0.25, -0.2) is 4.79 Å². The fraction of sp³-hybridized carbons (Fsp3) is 0.194. The Kier molecular flexibility index (Phi) is 13.6. The molecule has 0 unspecified atom stereocenters. The molecule has 2 amide bonds. The maximum absolute atomic E-state index is 12.9. The molecule has 1 aromatic heterocycles. The molecule has 12 heteroatoms. The third-order valence-corrected chi connectivity index (χ3v) is 7.90. The number of anilines is 2. The molecule has 10 nitrogen and oxygen atoms in total. The number of aromatic amines is 1. The van der Waals surface area contributed by atoms with E-state index in [0.29, 0.717) is 42.4 Å². The van der Waals surface area contributed by atoms with Crippen molar-refractivity contribution in [2.75, 3.05) is 23.8 Å². The number of aromatic nitrogens is 1. The normalized spacial score (nSPS) is 11.2. The molecule has 0 bridgehead atoms. The number of phenolic OH excluding ortho intramolecular Hbond substituents is 1. The van der Waals surface area contributed by atoms with E-state index in [1.54, 1.807) is 24.1 Å². The number of carbonyl (C=O) groups is 2. The van der Waals surface area contributed by atoms with E-state index in [9.17, 15) is 29.7 Å². The van der Waals surface area contributed by atoms with E-state index in [1.807, 2.05) is 72.8 Å². The van der Waals surface area contributed by atoms with E-state index < -0.39 is 12.2 Å². The summed E-state index contributed by atoms with van der Waals surface area (Å²) in [7, 11) is 1.74. The summed E-state index contributed by atoms with van der Waals surface area (Å²) < 4.78 is 0. The fourth-order valence-electron chi connectivity index (χ4n) is 5.44. The van der Waals surface area contributed by atoms with Gasteiger partial charge in [0.2, 0.25) is 11.5 Å². The first-order chi connectivity index (χ1) is 22.2. The molecule has 0 aliphatic rings. The summed E-state index contributed by atoms with van der Waals surface area (Å²) in [5.74, 6) is -0.0839. The van der Waals surface area contributed by atoms with Crippen molar-refractivity contribution in [3.63, 3.8) is 0 Å². The number of nitrogens with zero attached hydrogens (tertiary/aromatic N) is 1. The maximum atomic E-state index is 12.9. The van der Waals surface area contributed by atoms with Crippen LogP contribution in [0.1, 0.15) is 35.6 Å². The lowest BCUT2D eigenvalue weighted by molar-refractivity contribution is -0.118. The zero-order chi connectivity index (χ0) is 32.6. The van der Waals surface area contributed by atoms with Crippen molar-refractivity contribution in [1.29, 1.82) is 0 Å². The van der Waals surface area contributed by atoms with Crippen molar-refractivity contribution in [2.45, 2.75) is 31.9 Å². The van der Waals surface area contributed by atoms with Crippen LogP contribution >= 0.6 is 24.8 Å². The van der Waals surface area contributed by atoms with Crippen LogP contribution in [-0.2, 0) is 17.8 Å². The summed E-state index contributed by atoms with van der Waals surface area (Å²) in [4.78, 5) is 40.2. The average Bonchev–Trinajstić information content (AvgIpc) is 3.05. The summed E-state index contributed by atoms with van der Waals surface area (Å²) >= 11 is 0. The van der Waals surface area contributed by atoms with Crippen molar-refractivity contribution in [3.8, 4) is 16.9 Å². The second-order valence-electron chi connectivity index (χ2n) is 11.1. The SMILES string of the molecule is CN(C(=O)CCCc1ccc(-c2ccccc2)c(NC(=O)O)c1)c1ccc(CNC[C@@H](O)c2ccc(O)c3[nH]c(=O)ccc23)cc1.Cl.Cl. The molecule has 1 heterocycles. The average molecular weight is 694 g/mol. The number of fused-ring (bicyclic) bond motifs is 1. The molecule has 0 fully saturated rings. The standard InChI is InChI=1S/C36H36N4O6.2ClH/c1-40(34(44)9-5-6-23-12-15-27(25-7-3-2-4-8-25)30(20-23)38-36(45)46)26-13-10-24(11-14-26)21-37-22-32(42)28-16-18-31(41)35-29(28)17-19-33(43)39-35;;/h2-4,7-8,10-20,32,37-38,41-42H,5-6,9,21-22H2,1H3,(H,39,43)(H,45,46);2*1H/t32-;;/m1../s1. The number of halogens is 2. The van der Waals surface area contributed by atoms with Gasteiger partial charge in [0.1, 0.15) is 5.75 Å². The van der Waals surface area contributed by atoms with Crippen LogP contribution in [0, 0.1) is 0 Å². The number of pyridine rings is 1. The van der Waals surface area contributed by atoms with Crippen LogP contribution in [0.15, 0.2) is 102 Å². The van der Waals surface area contributed by atoms with Gasteiger partial charge in [-0.2, -0.15) is 0 Å². The maximum Gasteiger partial charge on any atom is 0.409 e. The van der Waals surface area contributed by atoms with Crippen molar-refractivity contribution in [2.24, 2.45) is 0 Å². The highest BCUT2D eigenvalue weighted by Crippen LogP contribution is 2.30. The minimum absolute atomic E-state index is 0. The molecule has 0 spiro atoms. The summed E-state index contributed by atoms with van der Waals surface area (Å²) in [6.07, 6.45) is -0.430. The molecule has 0 saturated heterocycles. The van der Waals surface area contributed by atoms with E-state index in [0.717, 1.165) is 27.9 Å². The van der Waals surface area contributed by atoms with Crippen LogP contribution in [0.4, 0.5) is 16.2 Å². The zero-order valence-electron chi connectivity index (χ0n) is 26.2. The Bertz CT molecular complexity index is 1900. The number of hydrogen-bond donors (Lipinski definition) is 6. The van der Waals surface area contributed by atoms with E-state index in [4.69, 9.17) is 0 Å². The highest BCUT2D eigenvalue weighted by Gasteiger charge is 2.15. The topological polar surface area (TPSA) is 155 Å².